The van der Waals surface area contributed by atoms with Crippen molar-refractivity contribution in [2.45, 2.75) is 46.3 Å². The van der Waals surface area contributed by atoms with Crippen LogP contribution in [0.25, 0.3) is 0 Å². The SMILES string of the molecule is CC(C)N(CCNCc1ncccn1)C(C)C. The molecule has 0 bridgehead atoms. The Morgan fingerprint density at radius 3 is 2.24 bits per heavy atom. The van der Waals surface area contributed by atoms with E-state index in [1.807, 2.05) is 6.07 Å². The predicted octanol–water partition coefficient (Wildman–Crippen LogP) is 1.68. The van der Waals surface area contributed by atoms with Crippen molar-refractivity contribution in [2.75, 3.05) is 13.1 Å². The standard InChI is InChI=1S/C13H24N4/c1-11(2)17(12(3)4)9-8-14-10-13-15-6-5-7-16-13/h5-7,11-12,14H,8-10H2,1-4H3. The first-order chi connectivity index (χ1) is 8.11. The lowest BCUT2D eigenvalue weighted by Crippen LogP contribution is -2.41. The Morgan fingerprint density at radius 1 is 1.12 bits per heavy atom. The van der Waals surface area contributed by atoms with Crippen molar-refractivity contribution in [3.05, 3.63) is 24.3 Å². The molecule has 1 rings (SSSR count). The van der Waals surface area contributed by atoms with E-state index in [4.69, 9.17) is 0 Å². The number of aromatic nitrogens is 2. The highest BCUT2D eigenvalue weighted by Gasteiger charge is 2.11. The van der Waals surface area contributed by atoms with Crippen molar-refractivity contribution in [1.29, 1.82) is 0 Å². The zero-order valence-corrected chi connectivity index (χ0v) is 11.3. The Morgan fingerprint density at radius 2 is 1.71 bits per heavy atom. The Hall–Kier alpha value is -1.00. The molecule has 0 aromatic carbocycles. The first kappa shape index (κ1) is 14.1. The van der Waals surface area contributed by atoms with Crippen molar-refractivity contribution in [3.63, 3.8) is 0 Å². The fourth-order valence-corrected chi connectivity index (χ4v) is 1.94. The molecule has 0 unspecified atom stereocenters. The zero-order chi connectivity index (χ0) is 12.7. The van der Waals surface area contributed by atoms with Gasteiger partial charge in [0.25, 0.3) is 0 Å². The molecule has 0 atom stereocenters. The van der Waals surface area contributed by atoms with Crippen molar-refractivity contribution in [3.8, 4) is 0 Å². The normalized spacial score (nSPS) is 11.7. The van der Waals surface area contributed by atoms with Gasteiger partial charge in [0, 0.05) is 37.6 Å². The molecule has 1 aromatic heterocycles. The van der Waals surface area contributed by atoms with E-state index in [0.717, 1.165) is 25.5 Å². The lowest BCUT2D eigenvalue weighted by Gasteiger charge is -2.30. The molecule has 17 heavy (non-hydrogen) atoms. The number of nitrogens with one attached hydrogen (secondary N) is 1. The largest absolute Gasteiger partial charge is 0.309 e. The molecule has 0 radical (unpaired) electrons. The highest BCUT2D eigenvalue weighted by molar-refractivity contribution is 4.87. The molecule has 0 fully saturated rings. The molecular formula is C13H24N4. The Labute approximate surface area is 104 Å². The van der Waals surface area contributed by atoms with Crippen LogP contribution in [-0.2, 0) is 6.54 Å². The van der Waals surface area contributed by atoms with Gasteiger partial charge in [0.15, 0.2) is 0 Å². The van der Waals surface area contributed by atoms with Crippen LogP contribution in [0.4, 0.5) is 0 Å². The summed E-state index contributed by atoms with van der Waals surface area (Å²) in [7, 11) is 0. The van der Waals surface area contributed by atoms with Gasteiger partial charge in [0.2, 0.25) is 0 Å². The van der Waals surface area contributed by atoms with Crippen LogP contribution in [0.5, 0.6) is 0 Å². The monoisotopic (exact) mass is 236 g/mol. The van der Waals surface area contributed by atoms with Gasteiger partial charge in [-0.25, -0.2) is 9.97 Å². The molecule has 0 spiro atoms. The Bertz CT molecular complexity index is 290. The fourth-order valence-electron chi connectivity index (χ4n) is 1.94. The molecule has 0 saturated heterocycles. The summed E-state index contributed by atoms with van der Waals surface area (Å²) in [5, 5.41) is 3.38. The van der Waals surface area contributed by atoms with Crippen LogP contribution in [0.3, 0.4) is 0 Å². The van der Waals surface area contributed by atoms with Crippen molar-refractivity contribution >= 4 is 0 Å². The first-order valence-corrected chi connectivity index (χ1v) is 6.33. The van der Waals surface area contributed by atoms with Crippen LogP contribution >= 0.6 is 0 Å². The van der Waals surface area contributed by atoms with Gasteiger partial charge in [-0.1, -0.05) is 0 Å². The Balaban J connectivity index is 2.23. The zero-order valence-electron chi connectivity index (χ0n) is 11.3. The van der Waals surface area contributed by atoms with Crippen LogP contribution in [0.15, 0.2) is 18.5 Å². The third-order valence-corrected chi connectivity index (χ3v) is 2.78. The average Bonchev–Trinajstić information content (AvgIpc) is 2.29. The van der Waals surface area contributed by atoms with E-state index in [1.165, 1.54) is 0 Å². The quantitative estimate of drug-likeness (QED) is 0.731. The van der Waals surface area contributed by atoms with E-state index in [9.17, 15) is 0 Å². The summed E-state index contributed by atoms with van der Waals surface area (Å²) >= 11 is 0. The van der Waals surface area contributed by atoms with Crippen LogP contribution in [0.1, 0.15) is 33.5 Å². The lowest BCUT2D eigenvalue weighted by molar-refractivity contribution is 0.175. The summed E-state index contributed by atoms with van der Waals surface area (Å²) in [5.41, 5.74) is 0. The minimum Gasteiger partial charge on any atom is -0.309 e. The third-order valence-electron chi connectivity index (χ3n) is 2.78. The second kappa shape index (κ2) is 7.35. The molecule has 1 aromatic rings. The molecular weight excluding hydrogens is 212 g/mol. The topological polar surface area (TPSA) is 41.0 Å². The number of hydrogen-bond acceptors (Lipinski definition) is 4. The summed E-state index contributed by atoms with van der Waals surface area (Å²) in [6.45, 7) is 11.7. The van der Waals surface area contributed by atoms with Crippen LogP contribution < -0.4 is 5.32 Å². The Kier molecular flexibility index (Phi) is 6.08. The third kappa shape index (κ3) is 5.24. The molecule has 0 saturated carbocycles. The van der Waals surface area contributed by atoms with E-state index in [1.54, 1.807) is 12.4 Å². The van der Waals surface area contributed by atoms with Gasteiger partial charge >= 0.3 is 0 Å². The van der Waals surface area contributed by atoms with Gasteiger partial charge in [-0.2, -0.15) is 0 Å². The van der Waals surface area contributed by atoms with E-state index in [-0.39, 0.29) is 0 Å². The first-order valence-electron chi connectivity index (χ1n) is 6.33. The summed E-state index contributed by atoms with van der Waals surface area (Å²) in [6, 6.07) is 3.01. The second-order valence-electron chi connectivity index (χ2n) is 4.77. The molecule has 0 aliphatic heterocycles. The van der Waals surface area contributed by atoms with Crippen molar-refractivity contribution < 1.29 is 0 Å². The molecule has 1 N–H and O–H groups in total. The summed E-state index contributed by atoms with van der Waals surface area (Å²) < 4.78 is 0. The van der Waals surface area contributed by atoms with E-state index >= 15 is 0 Å². The van der Waals surface area contributed by atoms with Crippen LogP contribution in [-0.4, -0.2) is 40.0 Å². The molecule has 4 heteroatoms. The molecule has 0 aliphatic carbocycles. The van der Waals surface area contributed by atoms with Crippen LogP contribution in [0, 0.1) is 0 Å². The van der Waals surface area contributed by atoms with Crippen molar-refractivity contribution in [2.24, 2.45) is 0 Å². The van der Waals surface area contributed by atoms with Gasteiger partial charge < -0.3 is 5.32 Å². The average molecular weight is 236 g/mol. The van der Waals surface area contributed by atoms with Gasteiger partial charge in [-0.3, -0.25) is 4.90 Å². The highest BCUT2D eigenvalue weighted by Crippen LogP contribution is 2.03. The summed E-state index contributed by atoms with van der Waals surface area (Å²) in [6.07, 6.45) is 3.55. The molecule has 0 amide bonds. The fraction of sp³-hybridized carbons (Fsp3) is 0.692. The minimum absolute atomic E-state index is 0.588. The molecule has 96 valence electrons. The van der Waals surface area contributed by atoms with Crippen molar-refractivity contribution in [1.82, 2.24) is 20.2 Å². The predicted molar refractivity (Wildman–Crippen MR) is 70.7 cm³/mol. The number of rotatable bonds is 7. The van der Waals surface area contributed by atoms with E-state index in [2.05, 4.69) is 47.9 Å². The summed E-state index contributed by atoms with van der Waals surface area (Å²) in [4.78, 5) is 10.8. The maximum atomic E-state index is 4.18. The smallest absolute Gasteiger partial charge is 0.141 e. The van der Waals surface area contributed by atoms with E-state index < -0.39 is 0 Å². The van der Waals surface area contributed by atoms with Gasteiger partial charge in [0.05, 0.1) is 6.54 Å². The van der Waals surface area contributed by atoms with Crippen LogP contribution in [0.2, 0.25) is 0 Å². The maximum absolute atomic E-state index is 4.18. The minimum atomic E-state index is 0.588. The second-order valence-corrected chi connectivity index (χ2v) is 4.77. The highest BCUT2D eigenvalue weighted by atomic mass is 15.2. The van der Waals surface area contributed by atoms with Gasteiger partial charge in [-0.15, -0.1) is 0 Å². The lowest BCUT2D eigenvalue weighted by atomic mass is 10.2. The van der Waals surface area contributed by atoms with Gasteiger partial charge in [-0.05, 0) is 33.8 Å². The number of hydrogen-bond donors (Lipinski definition) is 1. The van der Waals surface area contributed by atoms with E-state index in [0.29, 0.717) is 12.1 Å². The number of nitrogens with zero attached hydrogens (tertiary/aromatic N) is 3. The molecule has 4 nitrogen and oxygen atoms in total. The van der Waals surface area contributed by atoms with Gasteiger partial charge in [0.1, 0.15) is 5.82 Å². The summed E-state index contributed by atoms with van der Waals surface area (Å²) in [5.74, 6) is 0.855. The molecule has 0 aliphatic rings. The maximum Gasteiger partial charge on any atom is 0.141 e. The molecule has 1 heterocycles.